The predicted octanol–water partition coefficient (Wildman–Crippen LogP) is 2.80. The molecule has 2 heteroatoms. The van der Waals surface area contributed by atoms with Gasteiger partial charge in [-0.2, -0.15) is 0 Å². The summed E-state index contributed by atoms with van der Waals surface area (Å²) in [6, 6.07) is 9.79. The van der Waals surface area contributed by atoms with Gasteiger partial charge in [0.2, 0.25) is 0 Å². The molecule has 0 aromatic heterocycles. The minimum atomic E-state index is -0.601. The molecule has 0 fully saturated rings. The van der Waals surface area contributed by atoms with Crippen LogP contribution in [0.2, 0.25) is 0 Å². The highest BCUT2D eigenvalue weighted by Crippen LogP contribution is 2.35. The van der Waals surface area contributed by atoms with Gasteiger partial charge < -0.3 is 4.74 Å². The fraction of sp³-hybridized carbons (Fsp3) is 0.385. The number of esters is 1. The van der Waals surface area contributed by atoms with E-state index in [0.717, 1.165) is 5.56 Å². The van der Waals surface area contributed by atoms with Gasteiger partial charge in [-0.15, -0.1) is 0 Å². The zero-order valence-electron chi connectivity index (χ0n) is 9.49. The lowest BCUT2D eigenvalue weighted by Crippen LogP contribution is -2.31. The van der Waals surface area contributed by atoms with Crippen molar-refractivity contribution in [1.82, 2.24) is 0 Å². The summed E-state index contributed by atoms with van der Waals surface area (Å²) < 4.78 is 4.78. The van der Waals surface area contributed by atoms with Crippen LogP contribution in [0.25, 0.3) is 0 Å². The van der Waals surface area contributed by atoms with Crippen LogP contribution < -0.4 is 0 Å². The zero-order chi connectivity index (χ0) is 11.5. The van der Waals surface area contributed by atoms with Crippen LogP contribution in [0.3, 0.4) is 0 Å². The molecule has 0 aliphatic carbocycles. The van der Waals surface area contributed by atoms with E-state index in [1.165, 1.54) is 7.11 Å². The van der Waals surface area contributed by atoms with Crippen LogP contribution in [0.15, 0.2) is 30.3 Å². The molecule has 81 valence electrons. The summed E-state index contributed by atoms with van der Waals surface area (Å²) in [5.74, 6) is -0.336. The Morgan fingerprint density at radius 1 is 1.33 bits per heavy atom. The van der Waals surface area contributed by atoms with Gasteiger partial charge in [-0.25, -0.2) is 0 Å². The number of rotatable bonds is 3. The topological polar surface area (TPSA) is 26.3 Å². The smallest absolute Gasteiger partial charge is 0.311 e. The molecule has 1 aromatic rings. The summed E-state index contributed by atoms with van der Waals surface area (Å²) in [6.07, 6.45) is 0. The zero-order valence-corrected chi connectivity index (χ0v) is 9.49. The standard InChI is InChI=1S/C13H17O2/c1-10(11-8-6-5-7-9-11)13(2,3)12(14)15-4/h5-10H,1H2,2-4H3. The van der Waals surface area contributed by atoms with Gasteiger partial charge in [0, 0.05) is 0 Å². The number of ether oxygens (including phenoxy) is 1. The normalized spacial score (nSPS) is 13.3. The summed E-state index contributed by atoms with van der Waals surface area (Å²) in [5, 5.41) is 0. The number of carbonyl (C=O) groups excluding carboxylic acids is 1. The molecular formula is C13H17O2. The molecule has 2 nitrogen and oxygen atoms in total. The fourth-order valence-electron chi connectivity index (χ4n) is 1.51. The number of methoxy groups -OCH3 is 1. The van der Waals surface area contributed by atoms with Gasteiger partial charge in [-0.3, -0.25) is 4.79 Å². The fourth-order valence-corrected chi connectivity index (χ4v) is 1.51. The molecule has 1 aromatic carbocycles. The van der Waals surface area contributed by atoms with Gasteiger partial charge in [-0.05, 0) is 32.3 Å². The third kappa shape index (κ3) is 2.38. The quantitative estimate of drug-likeness (QED) is 0.709. The van der Waals surface area contributed by atoms with E-state index in [0.29, 0.717) is 0 Å². The molecule has 0 saturated carbocycles. The highest BCUT2D eigenvalue weighted by molar-refractivity contribution is 5.77. The van der Waals surface area contributed by atoms with Gasteiger partial charge in [0.05, 0.1) is 12.5 Å². The Morgan fingerprint density at radius 2 is 1.87 bits per heavy atom. The molecule has 0 heterocycles. The minimum absolute atomic E-state index is 0.105. The van der Waals surface area contributed by atoms with Crippen molar-refractivity contribution in [3.63, 3.8) is 0 Å². The minimum Gasteiger partial charge on any atom is -0.469 e. The molecular weight excluding hydrogens is 188 g/mol. The Labute approximate surface area is 91.3 Å². The van der Waals surface area contributed by atoms with Crippen molar-refractivity contribution < 1.29 is 9.53 Å². The lowest BCUT2D eigenvalue weighted by Gasteiger charge is -2.28. The van der Waals surface area contributed by atoms with E-state index in [9.17, 15) is 4.79 Å². The van der Waals surface area contributed by atoms with E-state index in [1.807, 2.05) is 44.2 Å². The van der Waals surface area contributed by atoms with Crippen LogP contribution in [-0.4, -0.2) is 13.1 Å². The van der Waals surface area contributed by atoms with Crippen molar-refractivity contribution in [1.29, 1.82) is 0 Å². The van der Waals surface area contributed by atoms with Gasteiger partial charge >= 0.3 is 5.97 Å². The van der Waals surface area contributed by atoms with E-state index >= 15 is 0 Å². The Kier molecular flexibility index (Phi) is 3.51. The highest BCUT2D eigenvalue weighted by Gasteiger charge is 2.35. The van der Waals surface area contributed by atoms with Crippen LogP contribution in [0.1, 0.15) is 25.3 Å². The third-order valence-electron chi connectivity index (χ3n) is 2.78. The van der Waals surface area contributed by atoms with Crippen molar-refractivity contribution >= 4 is 5.97 Å². The first kappa shape index (κ1) is 11.8. The molecule has 1 rings (SSSR count). The van der Waals surface area contributed by atoms with Crippen LogP contribution >= 0.6 is 0 Å². The molecule has 15 heavy (non-hydrogen) atoms. The monoisotopic (exact) mass is 205 g/mol. The lowest BCUT2D eigenvalue weighted by atomic mass is 9.76. The van der Waals surface area contributed by atoms with Crippen LogP contribution in [0.4, 0.5) is 0 Å². The van der Waals surface area contributed by atoms with E-state index in [4.69, 9.17) is 4.74 Å². The number of benzene rings is 1. The van der Waals surface area contributed by atoms with Crippen molar-refractivity contribution in [3.8, 4) is 0 Å². The second kappa shape index (κ2) is 4.47. The Bertz CT molecular complexity index is 328. The highest BCUT2D eigenvalue weighted by atomic mass is 16.5. The predicted molar refractivity (Wildman–Crippen MR) is 60.3 cm³/mol. The maximum Gasteiger partial charge on any atom is 0.311 e. The Morgan fingerprint density at radius 3 is 2.33 bits per heavy atom. The van der Waals surface area contributed by atoms with Crippen LogP contribution in [-0.2, 0) is 9.53 Å². The Balaban J connectivity index is 2.94. The van der Waals surface area contributed by atoms with Gasteiger partial charge in [-0.1, -0.05) is 30.3 Å². The maximum absolute atomic E-state index is 11.6. The molecule has 1 radical (unpaired) electrons. The van der Waals surface area contributed by atoms with Crippen LogP contribution in [0, 0.1) is 12.3 Å². The van der Waals surface area contributed by atoms with Gasteiger partial charge in [0.1, 0.15) is 0 Å². The number of carbonyl (C=O) groups is 1. The van der Waals surface area contributed by atoms with Gasteiger partial charge in [0.15, 0.2) is 0 Å². The third-order valence-corrected chi connectivity index (χ3v) is 2.78. The molecule has 0 N–H and O–H groups in total. The van der Waals surface area contributed by atoms with Gasteiger partial charge in [0.25, 0.3) is 0 Å². The second-order valence-electron chi connectivity index (χ2n) is 4.18. The molecule has 0 saturated heterocycles. The average molecular weight is 205 g/mol. The average Bonchev–Trinajstić information content (AvgIpc) is 2.28. The SMILES string of the molecule is [CH2]C(c1ccccc1)C(C)(C)C(=O)OC. The molecule has 1 unspecified atom stereocenters. The summed E-state index contributed by atoms with van der Waals surface area (Å²) in [6.45, 7) is 7.75. The van der Waals surface area contributed by atoms with E-state index in [-0.39, 0.29) is 11.9 Å². The Hall–Kier alpha value is -1.31. The van der Waals surface area contributed by atoms with Crippen molar-refractivity contribution in [2.75, 3.05) is 7.11 Å². The summed E-state index contributed by atoms with van der Waals surface area (Å²) in [5.41, 5.74) is 0.448. The molecule has 0 aliphatic rings. The summed E-state index contributed by atoms with van der Waals surface area (Å²) in [7, 11) is 1.40. The van der Waals surface area contributed by atoms with E-state index in [1.54, 1.807) is 0 Å². The van der Waals surface area contributed by atoms with Crippen molar-refractivity contribution in [2.24, 2.45) is 5.41 Å². The van der Waals surface area contributed by atoms with E-state index in [2.05, 4.69) is 6.92 Å². The van der Waals surface area contributed by atoms with Crippen molar-refractivity contribution in [2.45, 2.75) is 19.8 Å². The maximum atomic E-state index is 11.6. The van der Waals surface area contributed by atoms with E-state index < -0.39 is 5.41 Å². The molecule has 0 bridgehead atoms. The second-order valence-corrected chi connectivity index (χ2v) is 4.18. The molecule has 1 atom stereocenters. The number of hydrogen-bond donors (Lipinski definition) is 0. The van der Waals surface area contributed by atoms with Crippen molar-refractivity contribution in [3.05, 3.63) is 42.8 Å². The lowest BCUT2D eigenvalue weighted by molar-refractivity contribution is -0.151. The first-order valence-electron chi connectivity index (χ1n) is 4.96. The molecule has 0 aliphatic heterocycles. The molecule has 0 amide bonds. The summed E-state index contributed by atoms with van der Waals surface area (Å²) in [4.78, 5) is 11.6. The van der Waals surface area contributed by atoms with Crippen LogP contribution in [0.5, 0.6) is 0 Å². The molecule has 0 spiro atoms. The largest absolute Gasteiger partial charge is 0.469 e. The first-order chi connectivity index (χ1) is 7.00. The summed E-state index contributed by atoms with van der Waals surface area (Å²) >= 11 is 0. The number of hydrogen-bond acceptors (Lipinski definition) is 2. The first-order valence-corrected chi connectivity index (χ1v) is 4.96.